The number of ether oxygens (including phenoxy) is 1. The Morgan fingerprint density at radius 3 is 2.96 bits per heavy atom. The normalized spacial score (nSPS) is 13.5. The van der Waals surface area contributed by atoms with Crippen molar-refractivity contribution in [2.24, 2.45) is 0 Å². The van der Waals surface area contributed by atoms with E-state index in [0.29, 0.717) is 11.0 Å². The zero-order chi connectivity index (χ0) is 17.1. The van der Waals surface area contributed by atoms with Gasteiger partial charge in [0.2, 0.25) is 5.91 Å². The molecule has 6 heteroatoms. The van der Waals surface area contributed by atoms with Crippen LogP contribution in [0.15, 0.2) is 40.9 Å². The van der Waals surface area contributed by atoms with Gasteiger partial charge >= 0.3 is 0 Å². The van der Waals surface area contributed by atoms with Crippen molar-refractivity contribution >= 4 is 33.2 Å². The lowest BCUT2D eigenvalue weighted by Gasteiger charge is -2.30. The number of carbonyl (C=O) groups is 1. The molecule has 0 spiro atoms. The van der Waals surface area contributed by atoms with Crippen LogP contribution in [-0.4, -0.2) is 19.1 Å². The van der Waals surface area contributed by atoms with Crippen LogP contribution in [0, 0.1) is 5.82 Å². The molecule has 2 aromatic rings. The van der Waals surface area contributed by atoms with Gasteiger partial charge in [-0.2, -0.15) is 0 Å². The van der Waals surface area contributed by atoms with Crippen LogP contribution in [0.25, 0.3) is 0 Å². The molecule has 24 heavy (non-hydrogen) atoms. The zero-order valence-electron chi connectivity index (χ0n) is 13.1. The van der Waals surface area contributed by atoms with Crippen molar-refractivity contribution in [3.8, 4) is 5.75 Å². The van der Waals surface area contributed by atoms with Crippen LogP contribution in [-0.2, 0) is 11.2 Å². The van der Waals surface area contributed by atoms with E-state index in [1.165, 1.54) is 6.07 Å². The Balaban J connectivity index is 1.63. The number of hydrogen-bond donors (Lipinski definition) is 1. The summed E-state index contributed by atoms with van der Waals surface area (Å²) in [5, 5.41) is 0. The first-order valence-electron chi connectivity index (χ1n) is 7.82. The highest BCUT2D eigenvalue weighted by atomic mass is 79.9. The molecule has 1 amide bonds. The monoisotopic (exact) mass is 392 g/mol. The van der Waals surface area contributed by atoms with Crippen molar-refractivity contribution in [2.45, 2.75) is 19.3 Å². The lowest BCUT2D eigenvalue weighted by atomic mass is 9.99. The molecule has 0 atom stereocenters. The fourth-order valence-electron chi connectivity index (χ4n) is 2.89. The zero-order valence-corrected chi connectivity index (χ0v) is 14.7. The van der Waals surface area contributed by atoms with E-state index in [0.717, 1.165) is 29.8 Å². The van der Waals surface area contributed by atoms with Gasteiger partial charge in [0, 0.05) is 22.4 Å². The average Bonchev–Trinajstić information content (AvgIpc) is 2.56. The Hall–Kier alpha value is -2.08. The quantitative estimate of drug-likeness (QED) is 0.802. The fourth-order valence-corrected chi connectivity index (χ4v) is 3.22. The molecule has 0 aromatic heterocycles. The third-order valence-corrected chi connectivity index (χ3v) is 4.55. The molecule has 126 valence electrons. The van der Waals surface area contributed by atoms with E-state index in [1.807, 2.05) is 18.2 Å². The summed E-state index contributed by atoms with van der Waals surface area (Å²) in [5.41, 5.74) is 8.62. The Bertz CT molecular complexity index is 767. The van der Waals surface area contributed by atoms with Crippen LogP contribution in [0.5, 0.6) is 5.75 Å². The lowest BCUT2D eigenvalue weighted by Crippen LogP contribution is -2.36. The number of amides is 1. The number of nitrogen functional groups attached to an aromatic ring is 1. The van der Waals surface area contributed by atoms with Gasteiger partial charge in [-0.25, -0.2) is 4.39 Å². The first-order chi connectivity index (χ1) is 11.6. The summed E-state index contributed by atoms with van der Waals surface area (Å²) < 4.78 is 19.7. The molecular weight excluding hydrogens is 375 g/mol. The molecule has 1 heterocycles. The number of nitrogens with two attached hydrogens (primary N) is 1. The highest BCUT2D eigenvalue weighted by Crippen LogP contribution is 2.31. The van der Waals surface area contributed by atoms with Gasteiger partial charge in [0.25, 0.3) is 0 Å². The smallest absolute Gasteiger partial charge is 0.230 e. The second-order valence-corrected chi connectivity index (χ2v) is 6.58. The second kappa shape index (κ2) is 7.21. The van der Waals surface area contributed by atoms with Gasteiger partial charge in [-0.1, -0.05) is 22.0 Å². The van der Waals surface area contributed by atoms with E-state index >= 15 is 0 Å². The van der Waals surface area contributed by atoms with Crippen molar-refractivity contribution in [3.63, 3.8) is 0 Å². The number of rotatable bonds is 4. The van der Waals surface area contributed by atoms with Gasteiger partial charge in [-0.3, -0.25) is 4.79 Å². The van der Waals surface area contributed by atoms with Gasteiger partial charge in [-0.05, 0) is 48.7 Å². The number of halogens is 2. The van der Waals surface area contributed by atoms with Crippen LogP contribution in [0.2, 0.25) is 0 Å². The highest BCUT2D eigenvalue weighted by molar-refractivity contribution is 9.10. The molecule has 4 nitrogen and oxygen atoms in total. The molecule has 1 aliphatic heterocycles. The number of benzene rings is 2. The lowest BCUT2D eigenvalue weighted by molar-refractivity contribution is -0.119. The molecule has 2 aromatic carbocycles. The highest BCUT2D eigenvalue weighted by Gasteiger charge is 2.23. The van der Waals surface area contributed by atoms with Crippen LogP contribution < -0.4 is 15.4 Å². The maximum Gasteiger partial charge on any atom is 0.230 e. The topological polar surface area (TPSA) is 55.6 Å². The number of nitrogens with zero attached hydrogens (tertiary/aromatic N) is 1. The first-order valence-corrected chi connectivity index (χ1v) is 8.61. The van der Waals surface area contributed by atoms with Gasteiger partial charge in [0.15, 0.2) is 11.6 Å². The van der Waals surface area contributed by atoms with Gasteiger partial charge < -0.3 is 15.4 Å². The third kappa shape index (κ3) is 3.53. The van der Waals surface area contributed by atoms with Crippen molar-refractivity contribution in [1.29, 1.82) is 0 Å². The molecule has 0 saturated carbocycles. The maximum absolute atomic E-state index is 13.7. The molecular formula is C18H18BrFN2O2. The van der Waals surface area contributed by atoms with Crippen molar-refractivity contribution in [3.05, 3.63) is 52.3 Å². The minimum absolute atomic E-state index is 0.0425. The third-order valence-electron chi connectivity index (χ3n) is 4.06. The van der Waals surface area contributed by atoms with E-state index in [4.69, 9.17) is 10.5 Å². The molecule has 0 fully saturated rings. The summed E-state index contributed by atoms with van der Waals surface area (Å²) in [7, 11) is 0. The summed E-state index contributed by atoms with van der Waals surface area (Å²) in [4.78, 5) is 14.3. The fraction of sp³-hybridized carbons (Fsp3) is 0.278. The molecule has 0 saturated heterocycles. The Morgan fingerprint density at radius 2 is 2.17 bits per heavy atom. The minimum Gasteiger partial charge on any atom is -0.490 e. The van der Waals surface area contributed by atoms with Crippen LogP contribution >= 0.6 is 15.9 Å². The average molecular weight is 393 g/mol. The van der Waals surface area contributed by atoms with Crippen LogP contribution in [0.1, 0.15) is 18.4 Å². The second-order valence-electron chi connectivity index (χ2n) is 5.67. The van der Waals surface area contributed by atoms with E-state index in [-0.39, 0.29) is 24.7 Å². The summed E-state index contributed by atoms with van der Waals surface area (Å²) in [6.45, 7) is 0.799. The van der Waals surface area contributed by atoms with Crippen LogP contribution in [0.4, 0.5) is 15.8 Å². The predicted molar refractivity (Wildman–Crippen MR) is 95.7 cm³/mol. The van der Waals surface area contributed by atoms with E-state index in [2.05, 4.69) is 15.9 Å². The largest absolute Gasteiger partial charge is 0.490 e. The summed E-state index contributed by atoms with van der Waals surface area (Å²) in [6.07, 6.45) is 1.95. The number of carbonyl (C=O) groups excluding carboxylic acids is 1. The number of hydrogen-bond acceptors (Lipinski definition) is 3. The van der Waals surface area contributed by atoms with Crippen molar-refractivity contribution in [1.82, 2.24) is 0 Å². The van der Waals surface area contributed by atoms with Crippen molar-refractivity contribution in [2.75, 3.05) is 23.8 Å². The van der Waals surface area contributed by atoms with E-state index < -0.39 is 5.82 Å². The molecule has 0 bridgehead atoms. The first kappa shape index (κ1) is 16.8. The number of fused-ring (bicyclic) bond motifs is 1. The van der Waals surface area contributed by atoms with E-state index in [1.54, 1.807) is 17.0 Å². The summed E-state index contributed by atoms with van der Waals surface area (Å²) in [5.74, 6) is -0.346. The summed E-state index contributed by atoms with van der Waals surface area (Å²) >= 11 is 3.19. The SMILES string of the molecule is Nc1cccc2c1CCCN2C(=O)CCOc1ccc(Br)cc1F. The minimum atomic E-state index is -0.451. The van der Waals surface area contributed by atoms with E-state index in [9.17, 15) is 9.18 Å². The predicted octanol–water partition coefficient (Wildman–Crippen LogP) is 3.92. The standard InChI is InChI=1S/C18H18BrFN2O2/c19-12-6-7-17(14(20)11-12)24-10-8-18(23)22-9-2-3-13-15(21)4-1-5-16(13)22/h1,4-7,11H,2-3,8-10,21H2. The van der Waals surface area contributed by atoms with Gasteiger partial charge in [-0.15, -0.1) is 0 Å². The Morgan fingerprint density at radius 1 is 1.33 bits per heavy atom. The molecule has 0 radical (unpaired) electrons. The van der Waals surface area contributed by atoms with Crippen molar-refractivity contribution < 1.29 is 13.9 Å². The Kier molecular flexibility index (Phi) is 5.04. The maximum atomic E-state index is 13.7. The molecule has 0 unspecified atom stereocenters. The van der Waals surface area contributed by atoms with Gasteiger partial charge in [0.05, 0.1) is 13.0 Å². The molecule has 2 N–H and O–H groups in total. The van der Waals surface area contributed by atoms with Crippen LogP contribution in [0.3, 0.4) is 0 Å². The Labute approximate surface area is 148 Å². The molecule has 0 aliphatic carbocycles. The number of anilines is 2. The van der Waals surface area contributed by atoms with Gasteiger partial charge in [0.1, 0.15) is 0 Å². The molecule has 3 rings (SSSR count). The summed E-state index contributed by atoms with van der Waals surface area (Å²) in [6, 6.07) is 10.2. The molecule has 1 aliphatic rings.